The van der Waals surface area contributed by atoms with Crippen LogP contribution in [0.5, 0.6) is 11.5 Å². The summed E-state index contributed by atoms with van der Waals surface area (Å²) in [6.07, 6.45) is 1.60. The number of nitrogens with one attached hydrogen (secondary N) is 2. The van der Waals surface area contributed by atoms with Crippen LogP contribution >= 0.6 is 0 Å². The molecule has 0 aliphatic carbocycles. The molecule has 0 unspecified atom stereocenters. The van der Waals surface area contributed by atoms with Crippen molar-refractivity contribution in [3.05, 3.63) is 71.9 Å². The molecule has 1 heterocycles. The second kappa shape index (κ2) is 8.23. The van der Waals surface area contributed by atoms with E-state index in [1.807, 2.05) is 31.2 Å². The van der Waals surface area contributed by atoms with E-state index >= 15 is 0 Å². The second-order valence-corrected chi connectivity index (χ2v) is 5.89. The van der Waals surface area contributed by atoms with Crippen molar-refractivity contribution in [3.8, 4) is 11.5 Å². The molecular weight excluding hydrogens is 342 g/mol. The monoisotopic (exact) mass is 363 g/mol. The van der Waals surface area contributed by atoms with Crippen LogP contribution < -0.4 is 20.1 Å². The van der Waals surface area contributed by atoms with Crippen molar-refractivity contribution < 1.29 is 14.3 Å². The molecule has 2 aromatic carbocycles. The normalized spacial score (nSPS) is 10.2. The quantitative estimate of drug-likeness (QED) is 0.679. The summed E-state index contributed by atoms with van der Waals surface area (Å²) in [7, 11) is 3.12. The Kier molecular flexibility index (Phi) is 5.56. The van der Waals surface area contributed by atoms with E-state index in [9.17, 15) is 4.79 Å². The van der Waals surface area contributed by atoms with Gasteiger partial charge in [-0.25, -0.2) is 4.98 Å². The number of aryl methyl sites for hydroxylation is 1. The molecule has 0 aliphatic heterocycles. The molecular formula is C21H21N3O3. The number of pyridine rings is 1. The Bertz CT molecular complexity index is 957. The zero-order valence-corrected chi connectivity index (χ0v) is 15.4. The number of hydrogen-bond donors (Lipinski definition) is 2. The zero-order valence-electron chi connectivity index (χ0n) is 15.4. The Labute approximate surface area is 158 Å². The smallest absolute Gasteiger partial charge is 0.255 e. The number of anilines is 3. The van der Waals surface area contributed by atoms with Crippen molar-refractivity contribution in [1.82, 2.24) is 4.98 Å². The number of benzene rings is 2. The van der Waals surface area contributed by atoms with Gasteiger partial charge in [0.05, 0.1) is 19.9 Å². The van der Waals surface area contributed by atoms with E-state index in [1.54, 1.807) is 50.7 Å². The Balaban J connectivity index is 1.79. The zero-order chi connectivity index (χ0) is 19.2. The summed E-state index contributed by atoms with van der Waals surface area (Å²) in [5.41, 5.74) is 3.09. The van der Waals surface area contributed by atoms with Crippen LogP contribution in [0.3, 0.4) is 0 Å². The van der Waals surface area contributed by atoms with Crippen LogP contribution in [-0.2, 0) is 0 Å². The van der Waals surface area contributed by atoms with E-state index in [-0.39, 0.29) is 5.91 Å². The molecule has 6 heteroatoms. The molecule has 3 rings (SSSR count). The van der Waals surface area contributed by atoms with Gasteiger partial charge in [0.25, 0.3) is 5.91 Å². The van der Waals surface area contributed by atoms with E-state index < -0.39 is 0 Å². The number of rotatable bonds is 6. The van der Waals surface area contributed by atoms with E-state index in [1.165, 1.54) is 0 Å². The molecule has 138 valence electrons. The maximum Gasteiger partial charge on any atom is 0.255 e. The highest BCUT2D eigenvalue weighted by Gasteiger charge is 2.12. The van der Waals surface area contributed by atoms with Gasteiger partial charge in [0.15, 0.2) is 0 Å². The van der Waals surface area contributed by atoms with Crippen molar-refractivity contribution in [3.63, 3.8) is 0 Å². The lowest BCUT2D eigenvalue weighted by atomic mass is 10.2. The summed E-state index contributed by atoms with van der Waals surface area (Å²) in [5, 5.41) is 6.09. The molecule has 27 heavy (non-hydrogen) atoms. The van der Waals surface area contributed by atoms with Gasteiger partial charge in [-0.1, -0.05) is 18.2 Å². The van der Waals surface area contributed by atoms with Crippen LogP contribution in [0, 0.1) is 6.92 Å². The van der Waals surface area contributed by atoms with Crippen molar-refractivity contribution in [2.24, 2.45) is 0 Å². The fraction of sp³-hybridized carbons (Fsp3) is 0.143. The summed E-state index contributed by atoms with van der Waals surface area (Å²) in [6, 6.07) is 16.5. The topological polar surface area (TPSA) is 72.5 Å². The third kappa shape index (κ3) is 4.36. The van der Waals surface area contributed by atoms with Crippen molar-refractivity contribution in [2.75, 3.05) is 24.9 Å². The molecule has 0 atom stereocenters. The first-order chi connectivity index (χ1) is 13.1. The van der Waals surface area contributed by atoms with Crippen LogP contribution in [0.1, 0.15) is 15.9 Å². The molecule has 0 radical (unpaired) electrons. The fourth-order valence-corrected chi connectivity index (χ4v) is 2.59. The summed E-state index contributed by atoms with van der Waals surface area (Å²) < 4.78 is 10.5. The number of para-hydroxylation sites is 1. The number of nitrogens with zero attached hydrogens (tertiary/aromatic N) is 1. The molecule has 1 aromatic heterocycles. The van der Waals surface area contributed by atoms with Gasteiger partial charge < -0.3 is 20.1 Å². The lowest BCUT2D eigenvalue weighted by Gasteiger charge is -2.12. The van der Waals surface area contributed by atoms with E-state index in [2.05, 4.69) is 15.6 Å². The van der Waals surface area contributed by atoms with Crippen LogP contribution in [0.2, 0.25) is 0 Å². The molecule has 0 bridgehead atoms. The predicted molar refractivity (Wildman–Crippen MR) is 106 cm³/mol. The number of aromatic nitrogens is 1. The molecule has 1 amide bonds. The van der Waals surface area contributed by atoms with Crippen LogP contribution in [-0.4, -0.2) is 25.1 Å². The number of ether oxygens (including phenoxy) is 2. The highest BCUT2D eigenvalue weighted by molar-refractivity contribution is 6.05. The van der Waals surface area contributed by atoms with E-state index in [0.29, 0.717) is 28.6 Å². The number of methoxy groups -OCH3 is 2. The van der Waals surface area contributed by atoms with E-state index in [0.717, 1.165) is 11.3 Å². The first kappa shape index (κ1) is 18.3. The maximum absolute atomic E-state index is 12.7. The summed E-state index contributed by atoms with van der Waals surface area (Å²) in [6.45, 7) is 2.01. The van der Waals surface area contributed by atoms with Gasteiger partial charge in [0, 0.05) is 23.5 Å². The molecule has 0 saturated carbocycles. The Morgan fingerprint density at radius 1 is 0.963 bits per heavy atom. The molecule has 0 fully saturated rings. The van der Waals surface area contributed by atoms with Gasteiger partial charge >= 0.3 is 0 Å². The highest BCUT2D eigenvalue weighted by atomic mass is 16.5. The van der Waals surface area contributed by atoms with Crippen molar-refractivity contribution >= 4 is 23.1 Å². The molecule has 3 aromatic rings. The standard InChI is InChI=1S/C21H21N3O3/c1-14-6-4-5-7-17(14)23-20-12-15(10-11-22-20)21(25)24-18-9-8-16(26-2)13-19(18)27-3/h4-13H,1-3H3,(H,22,23)(H,24,25). The first-order valence-corrected chi connectivity index (χ1v) is 8.43. The summed E-state index contributed by atoms with van der Waals surface area (Å²) in [4.78, 5) is 16.9. The summed E-state index contributed by atoms with van der Waals surface area (Å²) >= 11 is 0. The maximum atomic E-state index is 12.7. The molecule has 0 spiro atoms. The molecule has 6 nitrogen and oxygen atoms in total. The van der Waals surface area contributed by atoms with Gasteiger partial charge in [0.1, 0.15) is 17.3 Å². The van der Waals surface area contributed by atoms with Crippen molar-refractivity contribution in [1.29, 1.82) is 0 Å². The third-order valence-electron chi connectivity index (χ3n) is 4.09. The first-order valence-electron chi connectivity index (χ1n) is 8.43. The van der Waals surface area contributed by atoms with Gasteiger partial charge in [-0.05, 0) is 42.8 Å². The lowest BCUT2D eigenvalue weighted by Crippen LogP contribution is -2.13. The lowest BCUT2D eigenvalue weighted by molar-refractivity contribution is 0.102. The van der Waals surface area contributed by atoms with E-state index in [4.69, 9.17) is 9.47 Å². The third-order valence-corrected chi connectivity index (χ3v) is 4.09. The van der Waals surface area contributed by atoms with Crippen LogP contribution in [0.25, 0.3) is 0 Å². The van der Waals surface area contributed by atoms with Gasteiger partial charge in [-0.15, -0.1) is 0 Å². The van der Waals surface area contributed by atoms with Crippen molar-refractivity contribution in [2.45, 2.75) is 6.92 Å². The van der Waals surface area contributed by atoms with Crippen LogP contribution in [0.4, 0.5) is 17.2 Å². The number of hydrogen-bond acceptors (Lipinski definition) is 5. The average Bonchev–Trinajstić information content (AvgIpc) is 2.70. The summed E-state index contributed by atoms with van der Waals surface area (Å²) in [5.74, 6) is 1.51. The average molecular weight is 363 g/mol. The highest BCUT2D eigenvalue weighted by Crippen LogP contribution is 2.29. The largest absolute Gasteiger partial charge is 0.497 e. The predicted octanol–water partition coefficient (Wildman–Crippen LogP) is 4.40. The SMILES string of the molecule is COc1ccc(NC(=O)c2ccnc(Nc3ccccc3C)c2)c(OC)c1. The minimum Gasteiger partial charge on any atom is -0.497 e. The minimum absolute atomic E-state index is 0.256. The molecule has 0 saturated heterocycles. The van der Waals surface area contributed by atoms with Gasteiger partial charge in [0.2, 0.25) is 0 Å². The van der Waals surface area contributed by atoms with Crippen LogP contribution in [0.15, 0.2) is 60.8 Å². The molecule has 2 N–H and O–H groups in total. The number of carbonyl (C=O) groups excluding carboxylic acids is 1. The Hall–Kier alpha value is -3.54. The van der Waals surface area contributed by atoms with Gasteiger partial charge in [-0.2, -0.15) is 0 Å². The second-order valence-electron chi connectivity index (χ2n) is 5.89. The minimum atomic E-state index is -0.256. The number of amides is 1. The Morgan fingerprint density at radius 3 is 2.52 bits per heavy atom. The number of carbonyl (C=O) groups is 1. The Morgan fingerprint density at radius 2 is 1.78 bits per heavy atom. The fourth-order valence-electron chi connectivity index (χ4n) is 2.59. The van der Waals surface area contributed by atoms with Gasteiger partial charge in [-0.3, -0.25) is 4.79 Å². The molecule has 0 aliphatic rings.